The van der Waals surface area contributed by atoms with Crippen molar-refractivity contribution in [1.82, 2.24) is 4.31 Å². The molecule has 0 fully saturated rings. The van der Waals surface area contributed by atoms with Gasteiger partial charge in [-0.15, -0.1) is 0 Å². The maximum Gasteiger partial charge on any atom is 0.335 e. The van der Waals surface area contributed by atoms with Gasteiger partial charge in [-0.25, -0.2) is 13.2 Å². The molecule has 6 heteroatoms. The molecule has 5 nitrogen and oxygen atoms in total. The quantitative estimate of drug-likeness (QED) is 0.264. The van der Waals surface area contributed by atoms with Crippen molar-refractivity contribution in [2.45, 2.75) is 44.0 Å². The molecule has 0 aliphatic rings. The molecule has 0 aliphatic heterocycles. The van der Waals surface area contributed by atoms with Gasteiger partial charge < -0.3 is 4.74 Å². The van der Waals surface area contributed by atoms with E-state index in [-0.39, 0.29) is 4.90 Å². The van der Waals surface area contributed by atoms with Gasteiger partial charge in [-0.05, 0) is 43.0 Å². The van der Waals surface area contributed by atoms with E-state index < -0.39 is 22.0 Å². The minimum absolute atomic E-state index is 0.158. The Morgan fingerprint density at radius 2 is 1.44 bits per heavy atom. The van der Waals surface area contributed by atoms with Gasteiger partial charge in [0, 0.05) is 6.20 Å². The number of carbonyl (C=O) groups is 1. The van der Waals surface area contributed by atoms with Crippen LogP contribution in [0.5, 0.6) is 0 Å². The SMILES string of the molecule is CCCC/C(=C\N(C(c1ccccc1)c1ccccc1)S(=O)(=O)c1ccc(C)cc1)C(=O)OC. The molecule has 0 saturated carbocycles. The highest BCUT2D eigenvalue weighted by Crippen LogP contribution is 2.35. The van der Waals surface area contributed by atoms with Gasteiger partial charge in [-0.2, -0.15) is 0 Å². The third kappa shape index (κ3) is 5.94. The van der Waals surface area contributed by atoms with E-state index in [9.17, 15) is 13.2 Å². The number of aryl methyl sites for hydroxylation is 1. The van der Waals surface area contributed by atoms with Crippen LogP contribution in [0.4, 0.5) is 0 Å². The number of sulfonamides is 1. The largest absolute Gasteiger partial charge is 0.466 e. The van der Waals surface area contributed by atoms with Crippen LogP contribution in [-0.2, 0) is 19.6 Å². The van der Waals surface area contributed by atoms with Crippen molar-refractivity contribution in [2.24, 2.45) is 0 Å². The summed E-state index contributed by atoms with van der Waals surface area (Å²) in [5.74, 6) is -0.530. The zero-order valence-electron chi connectivity index (χ0n) is 19.8. The lowest BCUT2D eigenvalue weighted by atomic mass is 9.98. The molecule has 0 aliphatic carbocycles. The summed E-state index contributed by atoms with van der Waals surface area (Å²) in [6.45, 7) is 3.93. The van der Waals surface area contributed by atoms with Crippen molar-refractivity contribution < 1.29 is 17.9 Å². The second kappa shape index (κ2) is 11.7. The monoisotopic (exact) mass is 477 g/mol. The Labute approximate surface area is 202 Å². The van der Waals surface area contributed by atoms with Crippen LogP contribution in [0.15, 0.2) is 102 Å². The van der Waals surface area contributed by atoms with Gasteiger partial charge >= 0.3 is 5.97 Å². The topological polar surface area (TPSA) is 63.7 Å². The Morgan fingerprint density at radius 3 is 1.91 bits per heavy atom. The van der Waals surface area contributed by atoms with Crippen LogP contribution in [0.25, 0.3) is 0 Å². The number of esters is 1. The predicted molar refractivity (Wildman–Crippen MR) is 135 cm³/mol. The average Bonchev–Trinajstić information content (AvgIpc) is 2.86. The molecule has 0 radical (unpaired) electrons. The van der Waals surface area contributed by atoms with Gasteiger partial charge in [0.2, 0.25) is 0 Å². The first-order chi connectivity index (χ1) is 16.4. The second-order valence-corrected chi connectivity index (χ2v) is 9.96. The molecule has 178 valence electrons. The van der Waals surface area contributed by atoms with E-state index in [2.05, 4.69) is 0 Å². The fourth-order valence-corrected chi connectivity index (χ4v) is 5.25. The predicted octanol–water partition coefficient (Wildman–Crippen LogP) is 6.02. The molecule has 0 amide bonds. The first kappa shape index (κ1) is 25.2. The fourth-order valence-electron chi connectivity index (χ4n) is 3.74. The van der Waals surface area contributed by atoms with Gasteiger partial charge in [0.05, 0.1) is 23.6 Å². The molecule has 0 spiro atoms. The molecular formula is C28H31NO4S. The average molecular weight is 478 g/mol. The number of ether oxygens (including phenoxy) is 1. The molecule has 34 heavy (non-hydrogen) atoms. The molecule has 0 unspecified atom stereocenters. The van der Waals surface area contributed by atoms with Crippen LogP contribution in [0.1, 0.15) is 48.9 Å². The number of rotatable bonds is 10. The lowest BCUT2D eigenvalue weighted by Gasteiger charge is -2.31. The second-order valence-electron chi connectivity index (χ2n) is 8.12. The van der Waals surface area contributed by atoms with Crippen LogP contribution < -0.4 is 0 Å². The first-order valence-electron chi connectivity index (χ1n) is 11.4. The molecule has 0 N–H and O–H groups in total. The van der Waals surface area contributed by atoms with Gasteiger partial charge in [0.1, 0.15) is 0 Å². The Morgan fingerprint density at radius 1 is 0.912 bits per heavy atom. The smallest absolute Gasteiger partial charge is 0.335 e. The maximum atomic E-state index is 14.1. The summed E-state index contributed by atoms with van der Waals surface area (Å²) >= 11 is 0. The highest BCUT2D eigenvalue weighted by atomic mass is 32.2. The molecule has 0 atom stereocenters. The summed E-state index contributed by atoms with van der Waals surface area (Å²) in [5.41, 5.74) is 2.86. The Kier molecular flexibility index (Phi) is 8.66. The lowest BCUT2D eigenvalue weighted by Crippen LogP contribution is -2.32. The number of carbonyl (C=O) groups excluding carboxylic acids is 1. The van der Waals surface area contributed by atoms with Crippen molar-refractivity contribution in [3.63, 3.8) is 0 Å². The molecule has 0 saturated heterocycles. The summed E-state index contributed by atoms with van der Waals surface area (Å²) in [7, 11) is -2.71. The molecule has 0 bridgehead atoms. The summed E-state index contributed by atoms with van der Waals surface area (Å²) in [4.78, 5) is 12.8. The molecule has 0 aromatic heterocycles. The van der Waals surface area contributed by atoms with Gasteiger partial charge in [0.25, 0.3) is 10.0 Å². The summed E-state index contributed by atoms with van der Waals surface area (Å²) in [6.07, 6.45) is 3.47. The van der Waals surface area contributed by atoms with Gasteiger partial charge in [-0.3, -0.25) is 4.31 Å². The van der Waals surface area contributed by atoms with Crippen molar-refractivity contribution in [3.8, 4) is 0 Å². The van der Waals surface area contributed by atoms with Crippen LogP contribution in [0.3, 0.4) is 0 Å². The van der Waals surface area contributed by atoms with E-state index in [1.165, 1.54) is 17.6 Å². The van der Waals surface area contributed by atoms with Gasteiger partial charge in [0.15, 0.2) is 0 Å². The van der Waals surface area contributed by atoms with E-state index in [1.54, 1.807) is 24.3 Å². The van der Waals surface area contributed by atoms with Crippen LogP contribution in [0.2, 0.25) is 0 Å². The number of nitrogens with zero attached hydrogens (tertiary/aromatic N) is 1. The number of unbranched alkanes of at least 4 members (excludes halogenated alkanes) is 1. The lowest BCUT2D eigenvalue weighted by molar-refractivity contribution is -0.136. The van der Waals surface area contributed by atoms with E-state index in [0.717, 1.165) is 29.5 Å². The number of hydrogen-bond donors (Lipinski definition) is 0. The van der Waals surface area contributed by atoms with Crippen LogP contribution in [-0.4, -0.2) is 25.8 Å². The van der Waals surface area contributed by atoms with E-state index in [1.807, 2.05) is 74.5 Å². The third-order valence-electron chi connectivity index (χ3n) is 5.61. The molecule has 3 rings (SSSR count). The Balaban J connectivity index is 2.28. The van der Waals surface area contributed by atoms with E-state index in [0.29, 0.717) is 12.0 Å². The molecule has 0 heterocycles. The first-order valence-corrected chi connectivity index (χ1v) is 12.8. The Bertz CT molecular complexity index is 1160. The van der Waals surface area contributed by atoms with Crippen LogP contribution in [0, 0.1) is 6.92 Å². The number of methoxy groups -OCH3 is 1. The minimum Gasteiger partial charge on any atom is -0.466 e. The molecule has 3 aromatic rings. The van der Waals surface area contributed by atoms with E-state index >= 15 is 0 Å². The third-order valence-corrected chi connectivity index (χ3v) is 7.35. The van der Waals surface area contributed by atoms with Crippen LogP contribution >= 0.6 is 0 Å². The van der Waals surface area contributed by atoms with Crippen molar-refractivity contribution in [2.75, 3.05) is 7.11 Å². The summed E-state index contributed by atoms with van der Waals surface area (Å²) in [5, 5.41) is 0. The zero-order valence-corrected chi connectivity index (χ0v) is 20.7. The normalized spacial score (nSPS) is 11.9. The summed E-state index contributed by atoms with van der Waals surface area (Å²) < 4.78 is 34.5. The maximum absolute atomic E-state index is 14.1. The highest BCUT2D eigenvalue weighted by Gasteiger charge is 2.32. The highest BCUT2D eigenvalue weighted by molar-refractivity contribution is 7.89. The Hall–Kier alpha value is -3.38. The minimum atomic E-state index is -4.03. The molecular weight excluding hydrogens is 446 g/mol. The summed E-state index contributed by atoms with van der Waals surface area (Å²) in [6, 6.07) is 24.9. The number of hydrogen-bond acceptors (Lipinski definition) is 4. The fraction of sp³-hybridized carbons (Fsp3) is 0.250. The van der Waals surface area contributed by atoms with E-state index in [4.69, 9.17) is 4.74 Å². The van der Waals surface area contributed by atoms with Crippen molar-refractivity contribution in [1.29, 1.82) is 0 Å². The van der Waals surface area contributed by atoms with Crippen molar-refractivity contribution in [3.05, 3.63) is 113 Å². The number of benzene rings is 3. The molecule has 3 aromatic carbocycles. The van der Waals surface area contributed by atoms with Crippen molar-refractivity contribution >= 4 is 16.0 Å². The van der Waals surface area contributed by atoms with Gasteiger partial charge in [-0.1, -0.05) is 91.7 Å². The zero-order chi connectivity index (χ0) is 24.6. The standard InChI is InChI=1S/C28H31NO4S/c1-4-5-12-25(28(30)33-3)21-29(34(31,32)26-19-17-22(2)18-20-26)27(23-13-8-6-9-14-23)24-15-10-7-11-16-24/h6-11,13-21,27H,4-5,12H2,1-3H3/b25-21+.